The Hall–Kier alpha value is -2.34. The van der Waals surface area contributed by atoms with Crippen LogP contribution in [0.4, 0.5) is 5.69 Å². The molecule has 0 saturated carbocycles. The number of aromatic amines is 1. The number of fused-ring (bicyclic) bond motifs is 1. The van der Waals surface area contributed by atoms with Gasteiger partial charge in [-0.25, -0.2) is 4.79 Å². The van der Waals surface area contributed by atoms with Crippen molar-refractivity contribution in [3.8, 4) is 0 Å². The minimum absolute atomic E-state index is 0.277. The van der Waals surface area contributed by atoms with Crippen LogP contribution in [0.3, 0.4) is 0 Å². The summed E-state index contributed by atoms with van der Waals surface area (Å²) in [5.74, 6) is 3.97. The molecule has 0 bridgehead atoms. The number of carboxylic acid groups (broad SMARTS) is 1. The Morgan fingerprint density at radius 1 is 1.38 bits per heavy atom. The number of H-pyrrole nitrogens is 1. The molecule has 16 heavy (non-hydrogen) atoms. The average Bonchev–Trinajstić information content (AvgIpc) is 2.27. The molecular formula is C10H9N3O3. The van der Waals surface area contributed by atoms with Crippen molar-refractivity contribution in [2.24, 2.45) is 5.84 Å². The van der Waals surface area contributed by atoms with Crippen LogP contribution >= 0.6 is 0 Å². The summed E-state index contributed by atoms with van der Waals surface area (Å²) in [6.45, 7) is 0. The van der Waals surface area contributed by atoms with Gasteiger partial charge >= 0.3 is 5.97 Å². The number of pyridine rings is 1. The van der Waals surface area contributed by atoms with Crippen molar-refractivity contribution < 1.29 is 9.90 Å². The lowest BCUT2D eigenvalue weighted by atomic mass is 10.1. The normalized spacial score (nSPS) is 10.3. The summed E-state index contributed by atoms with van der Waals surface area (Å²) in [6, 6.07) is 6.32. The molecule has 0 amide bonds. The quantitative estimate of drug-likeness (QED) is 0.434. The van der Waals surface area contributed by atoms with E-state index in [4.69, 9.17) is 10.9 Å². The predicted octanol–water partition coefficient (Wildman–Crippen LogP) is 0.512. The molecule has 6 heteroatoms. The van der Waals surface area contributed by atoms with E-state index >= 15 is 0 Å². The highest BCUT2D eigenvalue weighted by atomic mass is 16.4. The van der Waals surface area contributed by atoms with Crippen molar-refractivity contribution >= 4 is 22.6 Å². The van der Waals surface area contributed by atoms with Crippen LogP contribution in [0.2, 0.25) is 0 Å². The van der Waals surface area contributed by atoms with Crippen molar-refractivity contribution in [1.29, 1.82) is 0 Å². The number of nitrogens with one attached hydrogen (secondary N) is 2. The third kappa shape index (κ3) is 1.61. The number of hydrogen-bond donors (Lipinski definition) is 4. The molecule has 0 aliphatic carbocycles. The molecule has 2 aromatic rings. The predicted molar refractivity (Wildman–Crippen MR) is 59.3 cm³/mol. The molecule has 0 atom stereocenters. The van der Waals surface area contributed by atoms with Gasteiger partial charge in [-0.3, -0.25) is 10.6 Å². The number of hydrogen-bond acceptors (Lipinski definition) is 4. The number of nitrogens with two attached hydrogens (primary N) is 1. The van der Waals surface area contributed by atoms with Crippen molar-refractivity contribution in [3.05, 3.63) is 40.2 Å². The van der Waals surface area contributed by atoms with Gasteiger partial charge in [-0.15, -0.1) is 0 Å². The zero-order valence-corrected chi connectivity index (χ0v) is 8.15. The maximum atomic E-state index is 11.4. The highest BCUT2D eigenvalue weighted by Crippen LogP contribution is 2.16. The molecule has 0 unspecified atom stereocenters. The second-order valence-corrected chi connectivity index (χ2v) is 3.26. The molecule has 0 fully saturated rings. The summed E-state index contributed by atoms with van der Waals surface area (Å²) in [6.07, 6.45) is 0. The Kier molecular flexibility index (Phi) is 2.34. The van der Waals surface area contributed by atoms with Crippen LogP contribution in [0, 0.1) is 0 Å². The van der Waals surface area contributed by atoms with Gasteiger partial charge in [0.25, 0.3) is 5.56 Å². The van der Waals surface area contributed by atoms with Gasteiger partial charge in [-0.2, -0.15) is 0 Å². The van der Waals surface area contributed by atoms with Crippen molar-refractivity contribution in [1.82, 2.24) is 4.98 Å². The van der Waals surface area contributed by atoms with E-state index in [2.05, 4.69) is 10.4 Å². The summed E-state index contributed by atoms with van der Waals surface area (Å²) in [5.41, 5.74) is 2.69. The average molecular weight is 219 g/mol. The van der Waals surface area contributed by atoms with E-state index in [-0.39, 0.29) is 5.56 Å². The molecule has 2 rings (SSSR count). The van der Waals surface area contributed by atoms with Gasteiger partial charge in [0.15, 0.2) is 0 Å². The van der Waals surface area contributed by atoms with Crippen LogP contribution < -0.4 is 16.8 Å². The monoisotopic (exact) mass is 219 g/mol. The Morgan fingerprint density at radius 2 is 2.12 bits per heavy atom. The zero-order chi connectivity index (χ0) is 11.7. The highest BCUT2D eigenvalue weighted by Gasteiger charge is 2.09. The lowest BCUT2D eigenvalue weighted by molar-refractivity contribution is 0.0695. The fourth-order valence-corrected chi connectivity index (χ4v) is 1.45. The summed E-state index contributed by atoms with van der Waals surface area (Å²) < 4.78 is 0. The number of anilines is 1. The topological polar surface area (TPSA) is 108 Å². The smallest absolute Gasteiger partial charge is 0.341 e. The van der Waals surface area contributed by atoms with E-state index in [0.29, 0.717) is 16.6 Å². The maximum Gasteiger partial charge on any atom is 0.341 e. The Bertz CT molecular complexity index is 618. The fraction of sp³-hybridized carbons (Fsp3) is 0. The van der Waals surface area contributed by atoms with Gasteiger partial charge in [-0.05, 0) is 23.6 Å². The number of carbonyl (C=O) groups is 1. The molecule has 0 radical (unpaired) electrons. The molecule has 1 aromatic carbocycles. The number of aromatic nitrogens is 1. The summed E-state index contributed by atoms with van der Waals surface area (Å²) in [7, 11) is 0. The highest BCUT2D eigenvalue weighted by molar-refractivity contribution is 5.93. The molecule has 6 nitrogen and oxygen atoms in total. The van der Waals surface area contributed by atoms with Crippen LogP contribution in [0.5, 0.6) is 0 Å². The summed E-state index contributed by atoms with van der Waals surface area (Å²) in [4.78, 5) is 24.6. The molecule has 0 aliphatic rings. The fourth-order valence-electron chi connectivity index (χ4n) is 1.45. The van der Waals surface area contributed by atoms with Gasteiger partial charge in [0, 0.05) is 0 Å². The number of nitrogen functional groups attached to an aromatic ring is 1. The number of hydrazine groups is 1. The minimum Gasteiger partial charge on any atom is -0.477 e. The molecule has 0 saturated heterocycles. The Labute approximate surface area is 89.7 Å². The molecule has 82 valence electrons. The van der Waals surface area contributed by atoms with Crippen molar-refractivity contribution in [3.63, 3.8) is 0 Å². The first-order chi connectivity index (χ1) is 7.61. The zero-order valence-electron chi connectivity index (χ0n) is 8.15. The first-order valence-corrected chi connectivity index (χ1v) is 4.49. The minimum atomic E-state index is -1.25. The van der Waals surface area contributed by atoms with Gasteiger partial charge < -0.3 is 15.5 Å². The van der Waals surface area contributed by atoms with Crippen LogP contribution in [-0.2, 0) is 0 Å². The standard InChI is InChI=1S/C10H9N3O3/c11-13-6-2-1-5-3-7(10(15)16)9(14)12-8(5)4-6/h1-4,13H,11H2,(H,12,14)(H,15,16). The molecule has 5 N–H and O–H groups in total. The largest absolute Gasteiger partial charge is 0.477 e. The van der Waals surface area contributed by atoms with Crippen molar-refractivity contribution in [2.45, 2.75) is 0 Å². The van der Waals surface area contributed by atoms with Crippen LogP contribution in [0.1, 0.15) is 10.4 Å². The lowest BCUT2D eigenvalue weighted by Gasteiger charge is -2.03. The van der Waals surface area contributed by atoms with Gasteiger partial charge in [-0.1, -0.05) is 6.07 Å². The van der Waals surface area contributed by atoms with Crippen LogP contribution in [0.15, 0.2) is 29.1 Å². The second-order valence-electron chi connectivity index (χ2n) is 3.26. The molecule has 1 aromatic heterocycles. The van der Waals surface area contributed by atoms with Gasteiger partial charge in [0.05, 0.1) is 11.2 Å². The third-order valence-electron chi connectivity index (χ3n) is 2.24. The van der Waals surface area contributed by atoms with Crippen molar-refractivity contribution in [2.75, 3.05) is 5.43 Å². The number of rotatable bonds is 2. The Morgan fingerprint density at radius 3 is 2.75 bits per heavy atom. The van der Waals surface area contributed by atoms with Crippen LogP contribution in [0.25, 0.3) is 10.9 Å². The summed E-state index contributed by atoms with van der Waals surface area (Å²) in [5, 5.41) is 9.41. The first-order valence-electron chi connectivity index (χ1n) is 4.49. The van der Waals surface area contributed by atoms with E-state index in [0.717, 1.165) is 0 Å². The lowest BCUT2D eigenvalue weighted by Crippen LogP contribution is -2.17. The van der Waals surface area contributed by atoms with E-state index in [9.17, 15) is 9.59 Å². The first kappa shape index (κ1) is 10.2. The maximum absolute atomic E-state index is 11.4. The molecule has 0 aliphatic heterocycles. The number of carboxylic acids is 1. The second kappa shape index (κ2) is 3.67. The third-order valence-corrected chi connectivity index (χ3v) is 2.24. The summed E-state index contributed by atoms with van der Waals surface area (Å²) >= 11 is 0. The molecule has 0 spiro atoms. The van der Waals surface area contributed by atoms with E-state index in [1.807, 2.05) is 0 Å². The number of aromatic carboxylic acids is 1. The van der Waals surface area contributed by atoms with Crippen LogP contribution in [-0.4, -0.2) is 16.1 Å². The number of benzene rings is 1. The Balaban J connectivity index is 2.74. The molecule has 1 heterocycles. The van der Waals surface area contributed by atoms with E-state index < -0.39 is 11.5 Å². The van der Waals surface area contributed by atoms with Gasteiger partial charge in [0.1, 0.15) is 5.56 Å². The van der Waals surface area contributed by atoms with E-state index in [1.165, 1.54) is 6.07 Å². The van der Waals surface area contributed by atoms with E-state index in [1.54, 1.807) is 18.2 Å². The molecular weight excluding hydrogens is 210 g/mol. The SMILES string of the molecule is NNc1ccc2cc(C(=O)O)c(=O)[nH]c2c1. The van der Waals surface area contributed by atoms with Gasteiger partial charge in [0.2, 0.25) is 0 Å².